The third-order valence-corrected chi connectivity index (χ3v) is 8.40. The van der Waals surface area contributed by atoms with Crippen LogP contribution in [0.15, 0.2) is 18.2 Å². The molecule has 3 aliphatic carbocycles. The lowest BCUT2D eigenvalue weighted by atomic mass is 9.46. The van der Waals surface area contributed by atoms with Crippen molar-refractivity contribution >= 4 is 23.6 Å². The third-order valence-electron chi connectivity index (χ3n) is 8.40. The summed E-state index contributed by atoms with van der Waals surface area (Å²) in [7, 11) is 1.42. The topological polar surface area (TPSA) is 167 Å². The van der Waals surface area contributed by atoms with E-state index in [0.717, 1.165) is 17.2 Å². The van der Waals surface area contributed by atoms with Crippen molar-refractivity contribution < 1.29 is 23.9 Å². The molecule has 3 amide bonds. The molecule has 3 fully saturated rings. The van der Waals surface area contributed by atoms with Crippen molar-refractivity contribution in [3.05, 3.63) is 29.7 Å². The number of ether oxygens (including phenoxy) is 2. The van der Waals surface area contributed by atoms with Gasteiger partial charge >= 0.3 is 6.09 Å². The first kappa shape index (κ1) is 28.8. The zero-order valence-electron chi connectivity index (χ0n) is 23.5. The Morgan fingerprint density at radius 2 is 2.00 bits per heavy atom. The molecule has 0 radical (unpaired) electrons. The average Bonchev–Trinajstić information content (AvgIpc) is 3.30. The molecule has 2 heterocycles. The summed E-state index contributed by atoms with van der Waals surface area (Å²) in [6, 6.07) is 4.67. The highest BCUT2D eigenvalue weighted by molar-refractivity contribution is 5.85. The predicted molar refractivity (Wildman–Crippen MR) is 143 cm³/mol. The summed E-state index contributed by atoms with van der Waals surface area (Å²) in [6.45, 7) is 8.38. The van der Waals surface area contributed by atoms with Crippen LogP contribution in [-0.2, 0) is 25.7 Å². The number of rotatable bonds is 11. The molecular formula is C27H41N7O5. The molecule has 2 bridgehead atoms. The van der Waals surface area contributed by atoms with E-state index < -0.39 is 23.6 Å². The zero-order valence-corrected chi connectivity index (χ0v) is 23.5. The van der Waals surface area contributed by atoms with Crippen LogP contribution in [-0.4, -0.2) is 69.8 Å². The number of hydrogen-bond acceptors (Lipinski definition) is 8. The van der Waals surface area contributed by atoms with Gasteiger partial charge in [-0.2, -0.15) is 0 Å². The molecule has 12 nitrogen and oxygen atoms in total. The monoisotopic (exact) mass is 543 g/mol. The van der Waals surface area contributed by atoms with E-state index in [1.54, 1.807) is 36.4 Å². The van der Waals surface area contributed by atoms with Crippen molar-refractivity contribution in [2.24, 2.45) is 34.6 Å². The zero-order chi connectivity index (χ0) is 28.5. The van der Waals surface area contributed by atoms with Crippen LogP contribution in [0, 0.1) is 23.2 Å². The van der Waals surface area contributed by atoms with Crippen LogP contribution in [0.2, 0.25) is 0 Å². The number of hydrogen-bond donors (Lipinski definition) is 3. The van der Waals surface area contributed by atoms with Gasteiger partial charge < -0.3 is 31.2 Å². The molecule has 0 aliphatic heterocycles. The Hall–Kier alpha value is -3.25. The summed E-state index contributed by atoms with van der Waals surface area (Å²) in [6.07, 6.45) is 2.94. The van der Waals surface area contributed by atoms with E-state index in [2.05, 4.69) is 29.4 Å². The standard InChI is InChI=1S/C27H41N7O5/c1-26(2)17-10-9-16(19(26)11-17)13-38-15-20(30-24(36)27(3,4)29)23-32-31-22-8-6-7-18(34(22)23)14-39-25(37)33(5)12-21(28)35/h6-8,16-17,19-20H,9-15,29H2,1-5H3,(H2,28,35)(H,30,36)/t16-,17-,19-,20-/m1/s1. The number of nitrogens with zero attached hydrogens (tertiary/aromatic N) is 4. The lowest BCUT2D eigenvalue weighted by Gasteiger charge is -2.60. The Labute approximate surface area is 228 Å². The molecule has 2 aromatic rings. The van der Waals surface area contributed by atoms with Crippen molar-refractivity contribution in [2.45, 2.75) is 65.1 Å². The van der Waals surface area contributed by atoms with Crippen LogP contribution < -0.4 is 16.8 Å². The Bertz CT molecular complexity index is 1220. The molecule has 0 saturated heterocycles. The summed E-state index contributed by atoms with van der Waals surface area (Å²) in [4.78, 5) is 37.5. The summed E-state index contributed by atoms with van der Waals surface area (Å²) >= 11 is 0. The molecule has 4 atom stereocenters. The normalized spacial score (nSPS) is 22.6. The summed E-state index contributed by atoms with van der Waals surface area (Å²) in [5, 5.41) is 11.6. The van der Waals surface area contributed by atoms with Crippen molar-refractivity contribution in [3.63, 3.8) is 0 Å². The number of primary amides is 1. The lowest BCUT2D eigenvalue weighted by molar-refractivity contribution is -0.129. The van der Waals surface area contributed by atoms with Crippen LogP contribution in [0.1, 0.15) is 64.5 Å². The van der Waals surface area contributed by atoms with E-state index in [1.807, 2.05) is 0 Å². The van der Waals surface area contributed by atoms with E-state index in [9.17, 15) is 14.4 Å². The number of likely N-dealkylation sites (N-methyl/N-ethyl adjacent to an activating group) is 1. The molecule has 2 aromatic heterocycles. The maximum absolute atomic E-state index is 12.9. The van der Waals surface area contributed by atoms with Gasteiger partial charge in [-0.25, -0.2) is 4.79 Å². The van der Waals surface area contributed by atoms with Gasteiger partial charge in [-0.1, -0.05) is 19.9 Å². The smallest absolute Gasteiger partial charge is 0.410 e. The van der Waals surface area contributed by atoms with Crippen LogP contribution in [0.4, 0.5) is 4.79 Å². The Morgan fingerprint density at radius 3 is 2.64 bits per heavy atom. The van der Waals surface area contributed by atoms with Gasteiger partial charge in [0.1, 0.15) is 19.2 Å². The molecule has 0 spiro atoms. The van der Waals surface area contributed by atoms with Gasteiger partial charge in [0.25, 0.3) is 0 Å². The number of nitrogens with one attached hydrogen (secondary N) is 1. The minimum atomic E-state index is -1.11. The van der Waals surface area contributed by atoms with E-state index in [1.165, 1.54) is 19.9 Å². The van der Waals surface area contributed by atoms with Gasteiger partial charge in [0, 0.05) is 13.7 Å². The van der Waals surface area contributed by atoms with E-state index in [-0.39, 0.29) is 25.7 Å². The maximum Gasteiger partial charge on any atom is 0.410 e. The van der Waals surface area contributed by atoms with Gasteiger partial charge in [-0.05, 0) is 68.4 Å². The summed E-state index contributed by atoms with van der Waals surface area (Å²) in [5.41, 5.74) is 11.6. The van der Waals surface area contributed by atoms with Crippen LogP contribution >= 0.6 is 0 Å². The predicted octanol–water partition coefficient (Wildman–Crippen LogP) is 1.77. The molecule has 3 saturated carbocycles. The third kappa shape index (κ3) is 6.17. The van der Waals surface area contributed by atoms with Gasteiger partial charge in [0.15, 0.2) is 11.5 Å². The molecule has 0 aromatic carbocycles. The Balaban J connectivity index is 1.52. The number of carbonyl (C=O) groups is 3. The molecular weight excluding hydrogens is 502 g/mol. The lowest BCUT2D eigenvalue weighted by Crippen LogP contribution is -2.53. The van der Waals surface area contributed by atoms with Crippen LogP contribution in [0.25, 0.3) is 5.65 Å². The summed E-state index contributed by atoms with van der Waals surface area (Å²) in [5.74, 6) is 1.37. The number of amides is 3. The van der Waals surface area contributed by atoms with Crippen LogP contribution in [0.3, 0.4) is 0 Å². The van der Waals surface area contributed by atoms with E-state index in [4.69, 9.17) is 20.9 Å². The van der Waals surface area contributed by atoms with Gasteiger partial charge in [-0.3, -0.25) is 14.0 Å². The van der Waals surface area contributed by atoms with Crippen molar-refractivity contribution in [1.29, 1.82) is 0 Å². The average molecular weight is 544 g/mol. The number of pyridine rings is 1. The Kier molecular flexibility index (Phi) is 8.17. The molecule has 5 N–H and O–H groups in total. The van der Waals surface area contributed by atoms with Crippen molar-refractivity contribution in [2.75, 3.05) is 26.8 Å². The Morgan fingerprint density at radius 1 is 1.26 bits per heavy atom. The fraction of sp³-hybridized carbons (Fsp3) is 0.667. The second-order valence-corrected chi connectivity index (χ2v) is 12.1. The molecule has 214 valence electrons. The number of carbonyl (C=O) groups excluding carboxylic acids is 3. The number of fused-ring (bicyclic) bond motifs is 3. The first-order valence-electron chi connectivity index (χ1n) is 13.5. The number of aromatic nitrogens is 3. The first-order chi connectivity index (χ1) is 18.3. The fourth-order valence-corrected chi connectivity index (χ4v) is 5.94. The molecule has 12 heteroatoms. The highest BCUT2D eigenvalue weighted by Gasteiger charge is 2.54. The maximum atomic E-state index is 12.9. The molecule has 3 aliphatic rings. The van der Waals surface area contributed by atoms with Crippen LogP contribution in [0.5, 0.6) is 0 Å². The van der Waals surface area contributed by atoms with Gasteiger partial charge in [0.05, 0.1) is 17.8 Å². The minimum Gasteiger partial charge on any atom is -0.443 e. The SMILES string of the molecule is CN(CC(N)=O)C(=O)OCc1cccc2nnc([C@@H](COC[C@H]3CC[C@@H]4C[C@H]3C4(C)C)NC(=O)C(C)(C)N)n12. The molecule has 39 heavy (non-hydrogen) atoms. The highest BCUT2D eigenvalue weighted by atomic mass is 16.6. The van der Waals surface area contributed by atoms with Gasteiger partial charge in [-0.15, -0.1) is 10.2 Å². The second kappa shape index (κ2) is 11.1. The second-order valence-electron chi connectivity index (χ2n) is 12.1. The molecule has 5 rings (SSSR count). The van der Waals surface area contributed by atoms with E-state index in [0.29, 0.717) is 41.0 Å². The number of nitrogens with two attached hydrogens (primary N) is 2. The first-order valence-corrected chi connectivity index (χ1v) is 13.5. The summed E-state index contributed by atoms with van der Waals surface area (Å²) < 4.78 is 13.4. The molecule has 0 unspecified atom stereocenters. The van der Waals surface area contributed by atoms with Crippen molar-refractivity contribution in [3.8, 4) is 0 Å². The fourth-order valence-electron chi connectivity index (χ4n) is 5.94. The largest absolute Gasteiger partial charge is 0.443 e. The van der Waals surface area contributed by atoms with E-state index >= 15 is 0 Å². The minimum absolute atomic E-state index is 0.117. The van der Waals surface area contributed by atoms with Gasteiger partial charge in [0.2, 0.25) is 11.8 Å². The quantitative estimate of drug-likeness (QED) is 0.385. The highest BCUT2D eigenvalue weighted by Crippen LogP contribution is 2.61. The van der Waals surface area contributed by atoms with Crippen molar-refractivity contribution in [1.82, 2.24) is 24.8 Å².